The summed E-state index contributed by atoms with van der Waals surface area (Å²) in [5.41, 5.74) is 4.03. The van der Waals surface area contributed by atoms with Crippen molar-refractivity contribution in [1.82, 2.24) is 10.4 Å². The van der Waals surface area contributed by atoms with Gasteiger partial charge in [0.15, 0.2) is 4.34 Å². The van der Waals surface area contributed by atoms with Crippen LogP contribution in [0.15, 0.2) is 68.5 Å². The Hall–Kier alpha value is -2.32. The average molecular weight is 462 g/mol. The van der Waals surface area contributed by atoms with Crippen molar-refractivity contribution in [2.24, 2.45) is 5.10 Å². The van der Waals surface area contributed by atoms with Gasteiger partial charge in [-0.2, -0.15) is 5.10 Å². The molecule has 9 heteroatoms. The summed E-state index contributed by atoms with van der Waals surface area (Å²) in [7, 11) is 0. The van der Waals surface area contributed by atoms with E-state index < -0.39 is 0 Å². The Kier molecular flexibility index (Phi) is 6.20. The number of halogens is 2. The maximum absolute atomic E-state index is 12.0. The molecule has 4 rings (SSSR count). The molecule has 1 N–H and O–H groups in total. The maximum atomic E-state index is 12.0. The van der Waals surface area contributed by atoms with Crippen LogP contribution in [0.3, 0.4) is 0 Å². The van der Waals surface area contributed by atoms with E-state index in [1.165, 1.54) is 18.0 Å². The van der Waals surface area contributed by atoms with Crippen LogP contribution >= 0.6 is 46.3 Å². The lowest BCUT2D eigenvalue weighted by Crippen LogP contribution is -2.19. The van der Waals surface area contributed by atoms with Gasteiger partial charge in [0.25, 0.3) is 5.91 Å². The van der Waals surface area contributed by atoms with Crippen LogP contribution in [-0.4, -0.2) is 22.9 Å². The van der Waals surface area contributed by atoms with Crippen molar-refractivity contribution < 1.29 is 9.21 Å². The van der Waals surface area contributed by atoms with Crippen LogP contribution in [0, 0.1) is 0 Å². The van der Waals surface area contributed by atoms with Crippen LogP contribution in [0.1, 0.15) is 5.76 Å². The van der Waals surface area contributed by atoms with Crippen LogP contribution < -0.4 is 5.43 Å². The molecule has 0 aliphatic carbocycles. The topological polar surface area (TPSA) is 67.5 Å². The average Bonchev–Trinajstić information content (AvgIpc) is 3.33. The Morgan fingerprint density at radius 2 is 1.93 bits per heavy atom. The number of thiazole rings is 1. The molecule has 2 heterocycles. The first-order valence-corrected chi connectivity index (χ1v) is 11.0. The molecule has 0 saturated heterocycles. The van der Waals surface area contributed by atoms with Crippen molar-refractivity contribution in [2.75, 3.05) is 5.75 Å². The lowest BCUT2D eigenvalue weighted by molar-refractivity contribution is -0.118. The minimum atomic E-state index is -0.230. The highest BCUT2D eigenvalue weighted by molar-refractivity contribution is 8.01. The first-order chi connectivity index (χ1) is 14.1. The van der Waals surface area contributed by atoms with Crippen LogP contribution in [0.4, 0.5) is 0 Å². The molecule has 4 aromatic rings. The predicted octanol–water partition coefficient (Wildman–Crippen LogP) is 6.11. The van der Waals surface area contributed by atoms with Gasteiger partial charge >= 0.3 is 0 Å². The maximum Gasteiger partial charge on any atom is 0.250 e. The molecule has 0 bridgehead atoms. The van der Waals surface area contributed by atoms with Crippen LogP contribution in [0.5, 0.6) is 0 Å². The molecule has 0 spiro atoms. The number of benzene rings is 2. The molecule has 0 saturated carbocycles. The van der Waals surface area contributed by atoms with Crippen molar-refractivity contribution in [3.8, 4) is 11.3 Å². The van der Waals surface area contributed by atoms with Gasteiger partial charge in [0, 0.05) is 0 Å². The second-order valence-electron chi connectivity index (χ2n) is 5.83. The van der Waals surface area contributed by atoms with Crippen molar-refractivity contribution in [3.63, 3.8) is 0 Å². The highest BCUT2D eigenvalue weighted by Crippen LogP contribution is 2.35. The number of furan rings is 1. The number of thioether (sulfide) groups is 1. The number of hydrogen-bond donors (Lipinski definition) is 1. The van der Waals surface area contributed by atoms with E-state index >= 15 is 0 Å². The summed E-state index contributed by atoms with van der Waals surface area (Å²) < 4.78 is 7.64. The van der Waals surface area contributed by atoms with Crippen molar-refractivity contribution in [3.05, 3.63) is 70.4 Å². The van der Waals surface area contributed by atoms with Crippen LogP contribution in [0.25, 0.3) is 21.5 Å². The number of nitrogens with one attached hydrogen (secondary N) is 1. The SMILES string of the molecule is O=C(CSc1nc2ccccc2s1)N/N=C/c1ccc(-c2c(Cl)cccc2Cl)o1. The van der Waals surface area contributed by atoms with E-state index in [0.717, 1.165) is 14.6 Å². The number of aromatic nitrogens is 1. The zero-order valence-electron chi connectivity index (χ0n) is 14.8. The summed E-state index contributed by atoms with van der Waals surface area (Å²) in [5, 5.41) is 4.93. The number of nitrogens with zero attached hydrogens (tertiary/aromatic N) is 2. The summed E-state index contributed by atoms with van der Waals surface area (Å²) >= 11 is 15.3. The largest absolute Gasteiger partial charge is 0.455 e. The van der Waals surface area contributed by atoms with Crippen molar-refractivity contribution in [1.29, 1.82) is 0 Å². The van der Waals surface area contributed by atoms with Gasteiger partial charge in [-0.1, -0.05) is 53.2 Å². The Morgan fingerprint density at radius 1 is 1.14 bits per heavy atom. The fourth-order valence-corrected chi connectivity index (χ4v) is 4.97. The molecule has 0 unspecified atom stereocenters. The number of hydrogen-bond acceptors (Lipinski definition) is 6. The quantitative estimate of drug-likeness (QED) is 0.213. The van der Waals surface area contributed by atoms with Gasteiger partial charge < -0.3 is 4.42 Å². The number of carbonyl (C=O) groups is 1. The number of carbonyl (C=O) groups excluding carboxylic acids is 1. The van der Waals surface area contributed by atoms with Gasteiger partial charge in [0.05, 0.1) is 37.8 Å². The lowest BCUT2D eigenvalue weighted by Gasteiger charge is -2.02. The van der Waals surface area contributed by atoms with Gasteiger partial charge in [0.1, 0.15) is 11.5 Å². The molecule has 2 aromatic carbocycles. The third-order valence-electron chi connectivity index (χ3n) is 3.82. The van der Waals surface area contributed by atoms with E-state index in [4.69, 9.17) is 27.6 Å². The summed E-state index contributed by atoms with van der Waals surface area (Å²) in [5.74, 6) is 0.983. The standard InChI is InChI=1S/C20H13Cl2N3O2S2/c21-13-4-3-5-14(22)19(13)16-9-8-12(27-16)10-23-25-18(26)11-28-20-24-15-6-1-2-7-17(15)29-20/h1-10H,11H2,(H,25,26)/b23-10+. The molecular formula is C20H13Cl2N3O2S2. The summed E-state index contributed by atoms with van der Waals surface area (Å²) in [6.45, 7) is 0. The second kappa shape index (κ2) is 9.00. The minimum Gasteiger partial charge on any atom is -0.455 e. The summed E-state index contributed by atoms with van der Waals surface area (Å²) in [6.07, 6.45) is 1.43. The lowest BCUT2D eigenvalue weighted by atomic mass is 10.2. The van der Waals surface area contributed by atoms with Gasteiger partial charge in [-0.25, -0.2) is 10.4 Å². The molecule has 0 fully saturated rings. The molecule has 5 nitrogen and oxygen atoms in total. The zero-order valence-corrected chi connectivity index (χ0v) is 17.9. The zero-order chi connectivity index (χ0) is 20.2. The normalized spacial score (nSPS) is 11.4. The monoisotopic (exact) mass is 461 g/mol. The Balaban J connectivity index is 1.33. The van der Waals surface area contributed by atoms with Gasteiger partial charge in [-0.15, -0.1) is 11.3 Å². The fourth-order valence-electron chi connectivity index (χ4n) is 2.53. The van der Waals surface area contributed by atoms with Gasteiger partial charge in [0.2, 0.25) is 0 Å². The third kappa shape index (κ3) is 4.82. The molecule has 0 radical (unpaired) electrons. The molecule has 1 amide bonds. The van der Waals surface area contributed by atoms with E-state index in [1.807, 2.05) is 24.3 Å². The van der Waals surface area contributed by atoms with E-state index in [-0.39, 0.29) is 11.7 Å². The second-order valence-corrected chi connectivity index (χ2v) is 8.90. The molecule has 0 aliphatic rings. The first kappa shape index (κ1) is 20.0. The Bertz CT molecular complexity index is 1150. The minimum absolute atomic E-state index is 0.218. The van der Waals surface area contributed by atoms with Crippen molar-refractivity contribution >= 4 is 68.6 Å². The summed E-state index contributed by atoms with van der Waals surface area (Å²) in [4.78, 5) is 16.5. The van der Waals surface area contributed by atoms with Crippen LogP contribution in [-0.2, 0) is 4.79 Å². The molecule has 2 aromatic heterocycles. The summed E-state index contributed by atoms with van der Waals surface area (Å²) in [6, 6.07) is 16.6. The molecule has 146 valence electrons. The number of hydrazone groups is 1. The number of amides is 1. The highest BCUT2D eigenvalue weighted by atomic mass is 35.5. The van der Waals surface area contributed by atoms with E-state index in [2.05, 4.69) is 15.5 Å². The number of fused-ring (bicyclic) bond motifs is 1. The van der Waals surface area contributed by atoms with Crippen LogP contribution in [0.2, 0.25) is 10.0 Å². The smallest absolute Gasteiger partial charge is 0.250 e. The van der Waals surface area contributed by atoms with E-state index in [9.17, 15) is 4.79 Å². The predicted molar refractivity (Wildman–Crippen MR) is 120 cm³/mol. The number of para-hydroxylation sites is 1. The fraction of sp³-hybridized carbons (Fsp3) is 0.0500. The first-order valence-electron chi connectivity index (χ1n) is 8.44. The number of rotatable bonds is 6. The third-order valence-corrected chi connectivity index (χ3v) is 6.63. The Labute approximate surface area is 184 Å². The van der Waals surface area contributed by atoms with E-state index in [1.54, 1.807) is 41.7 Å². The van der Waals surface area contributed by atoms with Crippen molar-refractivity contribution in [2.45, 2.75) is 4.34 Å². The molecule has 29 heavy (non-hydrogen) atoms. The molecule has 0 aliphatic heterocycles. The molecule has 0 atom stereocenters. The molecular weight excluding hydrogens is 449 g/mol. The van der Waals surface area contributed by atoms with E-state index in [0.29, 0.717) is 27.1 Å². The van der Waals surface area contributed by atoms with Gasteiger partial charge in [-0.05, 0) is 36.4 Å². The van der Waals surface area contributed by atoms with Gasteiger partial charge in [-0.3, -0.25) is 4.79 Å². The Morgan fingerprint density at radius 3 is 2.72 bits per heavy atom. The highest BCUT2D eigenvalue weighted by Gasteiger charge is 2.12.